The molecule has 0 fully saturated rings. The fourth-order valence-corrected chi connectivity index (χ4v) is 1.47. The summed E-state index contributed by atoms with van der Waals surface area (Å²) in [5.74, 6) is 0.105. The normalized spacial score (nSPS) is 10.2. The maximum absolute atomic E-state index is 10.6. The Balaban J connectivity index is 2.19. The summed E-state index contributed by atoms with van der Waals surface area (Å²) < 4.78 is 5.22. The third-order valence-electron chi connectivity index (χ3n) is 2.22. The highest BCUT2D eigenvalue weighted by atomic mass is 16.5. The van der Waals surface area contributed by atoms with Gasteiger partial charge in [0.05, 0.1) is 5.69 Å². The third-order valence-corrected chi connectivity index (χ3v) is 2.22. The minimum absolute atomic E-state index is 0.122. The average molecular weight is 231 g/mol. The van der Waals surface area contributed by atoms with Gasteiger partial charge in [0.15, 0.2) is 6.61 Å². The number of aromatic nitrogens is 2. The first-order valence-corrected chi connectivity index (χ1v) is 5.19. The summed E-state index contributed by atoms with van der Waals surface area (Å²) in [6.45, 7) is 1.81. The highest BCUT2D eigenvalue weighted by Crippen LogP contribution is 2.22. The maximum Gasteiger partial charge on any atom is 0.255 e. The number of aromatic amines is 1. The standard InChI is InChI=1S/C12H13N3O2/c1-8-5-11(15-14-8)9-3-2-4-10(6-9)17-7-12(13)16/h2-6H,7H2,1H3,(H2,13,16)(H,14,15). The summed E-state index contributed by atoms with van der Waals surface area (Å²) in [7, 11) is 0. The Morgan fingerprint density at radius 2 is 2.29 bits per heavy atom. The van der Waals surface area contributed by atoms with E-state index in [0.717, 1.165) is 17.0 Å². The van der Waals surface area contributed by atoms with E-state index in [4.69, 9.17) is 10.5 Å². The highest BCUT2D eigenvalue weighted by molar-refractivity contribution is 5.75. The van der Waals surface area contributed by atoms with E-state index in [-0.39, 0.29) is 6.61 Å². The number of hydrogen-bond acceptors (Lipinski definition) is 3. The molecule has 2 rings (SSSR count). The van der Waals surface area contributed by atoms with E-state index in [0.29, 0.717) is 5.75 Å². The van der Waals surface area contributed by atoms with Crippen molar-refractivity contribution >= 4 is 5.91 Å². The average Bonchev–Trinajstić information content (AvgIpc) is 2.74. The number of primary amides is 1. The van der Waals surface area contributed by atoms with Gasteiger partial charge in [-0.25, -0.2) is 0 Å². The van der Waals surface area contributed by atoms with Crippen molar-refractivity contribution in [3.63, 3.8) is 0 Å². The molecule has 5 nitrogen and oxygen atoms in total. The van der Waals surface area contributed by atoms with Crippen LogP contribution in [0.25, 0.3) is 11.3 Å². The molecule has 0 spiro atoms. The van der Waals surface area contributed by atoms with Gasteiger partial charge in [-0.15, -0.1) is 0 Å². The fraction of sp³-hybridized carbons (Fsp3) is 0.167. The molecular formula is C12H13N3O2. The monoisotopic (exact) mass is 231 g/mol. The van der Waals surface area contributed by atoms with Crippen LogP contribution in [0, 0.1) is 6.92 Å². The van der Waals surface area contributed by atoms with Crippen LogP contribution in [0.1, 0.15) is 5.69 Å². The molecule has 0 aliphatic heterocycles. The van der Waals surface area contributed by atoms with Gasteiger partial charge in [0, 0.05) is 11.3 Å². The lowest BCUT2D eigenvalue weighted by Crippen LogP contribution is -2.19. The van der Waals surface area contributed by atoms with Crippen molar-refractivity contribution in [1.82, 2.24) is 10.2 Å². The summed E-state index contributed by atoms with van der Waals surface area (Å²) in [5.41, 5.74) is 7.77. The molecule has 2 aromatic rings. The van der Waals surface area contributed by atoms with E-state index in [1.54, 1.807) is 6.07 Å². The number of nitrogens with one attached hydrogen (secondary N) is 1. The number of ether oxygens (including phenoxy) is 1. The van der Waals surface area contributed by atoms with Gasteiger partial charge >= 0.3 is 0 Å². The van der Waals surface area contributed by atoms with Gasteiger partial charge < -0.3 is 10.5 Å². The first-order valence-electron chi connectivity index (χ1n) is 5.19. The van der Waals surface area contributed by atoms with Gasteiger partial charge in [-0.3, -0.25) is 9.89 Å². The van der Waals surface area contributed by atoms with Gasteiger partial charge in [0.25, 0.3) is 5.91 Å². The van der Waals surface area contributed by atoms with Gasteiger partial charge in [0.1, 0.15) is 5.75 Å². The molecule has 0 atom stereocenters. The molecule has 88 valence electrons. The Hall–Kier alpha value is -2.30. The van der Waals surface area contributed by atoms with Gasteiger partial charge in [-0.2, -0.15) is 5.10 Å². The summed E-state index contributed by atoms with van der Waals surface area (Å²) in [5, 5.41) is 7.02. The molecule has 3 N–H and O–H groups in total. The highest BCUT2D eigenvalue weighted by Gasteiger charge is 2.04. The number of aryl methyl sites for hydroxylation is 1. The number of H-pyrrole nitrogens is 1. The number of amides is 1. The maximum atomic E-state index is 10.6. The summed E-state index contributed by atoms with van der Waals surface area (Å²) in [6.07, 6.45) is 0. The Labute approximate surface area is 98.6 Å². The van der Waals surface area contributed by atoms with Gasteiger partial charge in [-0.05, 0) is 25.1 Å². The molecule has 1 aromatic heterocycles. The second-order valence-corrected chi connectivity index (χ2v) is 3.72. The van der Waals surface area contributed by atoms with Crippen LogP contribution in [0.5, 0.6) is 5.75 Å². The first-order chi connectivity index (χ1) is 8.15. The minimum Gasteiger partial charge on any atom is -0.484 e. The number of carbonyl (C=O) groups excluding carboxylic acids is 1. The van der Waals surface area contributed by atoms with Crippen LogP contribution in [0.15, 0.2) is 30.3 Å². The second-order valence-electron chi connectivity index (χ2n) is 3.72. The summed E-state index contributed by atoms with van der Waals surface area (Å²) in [6, 6.07) is 9.29. The number of carbonyl (C=O) groups is 1. The van der Waals surface area contributed by atoms with Crippen molar-refractivity contribution in [2.24, 2.45) is 5.73 Å². The molecule has 0 bridgehead atoms. The zero-order chi connectivity index (χ0) is 12.3. The number of rotatable bonds is 4. The van der Waals surface area contributed by atoms with E-state index in [9.17, 15) is 4.79 Å². The Morgan fingerprint density at radius 3 is 2.94 bits per heavy atom. The van der Waals surface area contributed by atoms with Crippen molar-refractivity contribution in [1.29, 1.82) is 0 Å². The van der Waals surface area contributed by atoms with E-state index >= 15 is 0 Å². The summed E-state index contributed by atoms with van der Waals surface area (Å²) >= 11 is 0. The molecule has 0 unspecified atom stereocenters. The fourth-order valence-electron chi connectivity index (χ4n) is 1.47. The third kappa shape index (κ3) is 2.84. The largest absolute Gasteiger partial charge is 0.484 e. The topological polar surface area (TPSA) is 81.0 Å². The predicted molar refractivity (Wildman–Crippen MR) is 63.5 cm³/mol. The van der Waals surface area contributed by atoms with Crippen molar-refractivity contribution in [2.75, 3.05) is 6.61 Å². The Bertz CT molecular complexity index is 534. The molecule has 0 aliphatic carbocycles. The van der Waals surface area contributed by atoms with Crippen molar-refractivity contribution in [3.05, 3.63) is 36.0 Å². The molecular weight excluding hydrogens is 218 g/mol. The van der Waals surface area contributed by atoms with Crippen molar-refractivity contribution in [2.45, 2.75) is 6.92 Å². The molecule has 17 heavy (non-hydrogen) atoms. The molecule has 1 aromatic carbocycles. The van der Waals surface area contributed by atoms with Crippen molar-refractivity contribution < 1.29 is 9.53 Å². The number of hydrogen-bond donors (Lipinski definition) is 2. The molecule has 1 amide bonds. The van der Waals surface area contributed by atoms with Crippen LogP contribution in [0.2, 0.25) is 0 Å². The number of nitrogens with two attached hydrogens (primary N) is 1. The first kappa shape index (κ1) is 11.2. The van der Waals surface area contributed by atoms with Crippen LogP contribution < -0.4 is 10.5 Å². The molecule has 1 heterocycles. The summed E-state index contributed by atoms with van der Waals surface area (Å²) in [4.78, 5) is 10.6. The minimum atomic E-state index is -0.494. The molecule has 0 saturated carbocycles. The lowest BCUT2D eigenvalue weighted by atomic mass is 10.1. The van der Waals surface area contributed by atoms with Crippen LogP contribution in [0.3, 0.4) is 0 Å². The van der Waals surface area contributed by atoms with Crippen molar-refractivity contribution in [3.8, 4) is 17.0 Å². The zero-order valence-corrected chi connectivity index (χ0v) is 9.43. The zero-order valence-electron chi connectivity index (χ0n) is 9.43. The molecule has 0 radical (unpaired) electrons. The van der Waals surface area contributed by atoms with Crippen LogP contribution >= 0.6 is 0 Å². The number of nitrogens with zero attached hydrogens (tertiary/aromatic N) is 1. The lowest BCUT2D eigenvalue weighted by molar-refractivity contribution is -0.119. The Kier molecular flexibility index (Phi) is 3.09. The van der Waals surface area contributed by atoms with Crippen LogP contribution in [-0.4, -0.2) is 22.7 Å². The number of benzene rings is 1. The lowest BCUT2D eigenvalue weighted by Gasteiger charge is -2.04. The molecule has 0 aliphatic rings. The SMILES string of the molecule is Cc1cc(-c2cccc(OCC(N)=O)c2)n[nH]1. The van der Waals surface area contributed by atoms with E-state index in [1.165, 1.54) is 0 Å². The van der Waals surface area contributed by atoms with E-state index in [1.807, 2.05) is 31.2 Å². The predicted octanol–water partition coefficient (Wildman–Crippen LogP) is 1.25. The van der Waals surface area contributed by atoms with E-state index < -0.39 is 5.91 Å². The van der Waals surface area contributed by atoms with Gasteiger partial charge in [-0.1, -0.05) is 12.1 Å². The quantitative estimate of drug-likeness (QED) is 0.830. The van der Waals surface area contributed by atoms with Crippen LogP contribution in [0.4, 0.5) is 0 Å². The van der Waals surface area contributed by atoms with E-state index in [2.05, 4.69) is 10.2 Å². The van der Waals surface area contributed by atoms with Gasteiger partial charge in [0.2, 0.25) is 0 Å². The second kappa shape index (κ2) is 4.69. The molecule has 0 saturated heterocycles. The van der Waals surface area contributed by atoms with Crippen LogP contribution in [-0.2, 0) is 4.79 Å². The Morgan fingerprint density at radius 1 is 1.47 bits per heavy atom. The molecule has 5 heteroatoms. The smallest absolute Gasteiger partial charge is 0.255 e.